The Morgan fingerprint density at radius 2 is 0.635 bits per heavy atom. The van der Waals surface area contributed by atoms with E-state index in [-0.39, 0.29) is 0 Å². The zero-order chi connectivity index (χ0) is 35.9. The van der Waals surface area contributed by atoms with Gasteiger partial charge in [0.05, 0.1) is 11.4 Å². The number of rotatable bonds is 12. The molecule has 7 aromatic carbocycles. The second-order valence-electron chi connectivity index (χ2n) is 13.0. The first-order chi connectivity index (χ1) is 25.3. The molecule has 0 fully saturated rings. The summed E-state index contributed by atoms with van der Waals surface area (Å²) in [5, 5.41) is 14.4. The highest BCUT2D eigenvalue weighted by Crippen LogP contribution is 2.42. The van der Waals surface area contributed by atoms with E-state index in [0.29, 0.717) is 23.0 Å². The summed E-state index contributed by atoms with van der Waals surface area (Å²) in [4.78, 5) is 0. The topological polar surface area (TPSA) is 66.6 Å². The molecule has 6 nitrogen and oxygen atoms in total. The van der Waals surface area contributed by atoms with Crippen LogP contribution in [0, 0.1) is 27.7 Å². The van der Waals surface area contributed by atoms with Gasteiger partial charge in [-0.1, -0.05) is 89.0 Å². The van der Waals surface area contributed by atoms with E-state index in [1.807, 2.05) is 60.7 Å². The van der Waals surface area contributed by atoms with E-state index in [4.69, 9.17) is 9.47 Å². The van der Waals surface area contributed by atoms with Crippen LogP contribution in [0.3, 0.4) is 0 Å². The third kappa shape index (κ3) is 8.55. The maximum atomic E-state index is 6.62. The van der Waals surface area contributed by atoms with Crippen molar-refractivity contribution in [3.8, 4) is 23.0 Å². The average Bonchev–Trinajstić information content (AvgIpc) is 3.15. The van der Waals surface area contributed by atoms with Gasteiger partial charge in [-0.2, -0.15) is 0 Å². The van der Waals surface area contributed by atoms with Gasteiger partial charge >= 0.3 is 0 Å². The molecule has 0 heterocycles. The lowest BCUT2D eigenvalue weighted by molar-refractivity contribution is 0.462. The maximum absolute atomic E-state index is 6.62. The minimum Gasteiger partial charge on any atom is -0.455 e. The molecule has 0 aromatic heterocycles. The molecule has 0 aliphatic rings. The van der Waals surface area contributed by atoms with Crippen molar-refractivity contribution in [3.63, 3.8) is 0 Å². The molecular formula is C46H42N4O2. The molecule has 7 rings (SSSR count). The third-order valence-corrected chi connectivity index (χ3v) is 8.62. The van der Waals surface area contributed by atoms with Gasteiger partial charge in [-0.3, -0.25) is 0 Å². The molecular weight excluding hydrogens is 641 g/mol. The Labute approximate surface area is 306 Å². The first-order valence-corrected chi connectivity index (χ1v) is 17.4. The number of ether oxygens (including phenoxy) is 2. The van der Waals surface area contributed by atoms with Gasteiger partial charge in [-0.15, -0.1) is 0 Å². The van der Waals surface area contributed by atoms with E-state index in [0.717, 1.165) is 45.5 Å². The van der Waals surface area contributed by atoms with Gasteiger partial charge in [0.1, 0.15) is 22.9 Å². The molecule has 0 saturated heterocycles. The van der Waals surface area contributed by atoms with Crippen LogP contribution in [0.1, 0.15) is 22.3 Å². The quantitative estimate of drug-likeness (QED) is 0.103. The summed E-state index contributed by atoms with van der Waals surface area (Å²) in [5.74, 6) is 2.61. The Bertz CT molecular complexity index is 2100. The second kappa shape index (κ2) is 15.5. The van der Waals surface area contributed by atoms with Gasteiger partial charge in [0.25, 0.3) is 0 Å². The fraction of sp³-hybridized carbons (Fsp3) is 0.0870. The largest absolute Gasteiger partial charge is 0.455 e. The van der Waals surface area contributed by atoms with Gasteiger partial charge in [0, 0.05) is 28.8 Å². The van der Waals surface area contributed by atoms with Gasteiger partial charge in [-0.25, -0.2) is 0 Å². The average molecular weight is 683 g/mol. The zero-order valence-corrected chi connectivity index (χ0v) is 29.8. The van der Waals surface area contributed by atoms with E-state index in [1.165, 1.54) is 22.3 Å². The van der Waals surface area contributed by atoms with Gasteiger partial charge in [0.15, 0.2) is 11.5 Å². The second-order valence-corrected chi connectivity index (χ2v) is 13.0. The number of benzene rings is 7. The summed E-state index contributed by atoms with van der Waals surface area (Å²) in [6.45, 7) is 8.33. The van der Waals surface area contributed by atoms with Crippen LogP contribution in [-0.2, 0) is 0 Å². The van der Waals surface area contributed by atoms with Crippen molar-refractivity contribution in [1.29, 1.82) is 0 Å². The van der Waals surface area contributed by atoms with Gasteiger partial charge < -0.3 is 30.7 Å². The van der Waals surface area contributed by atoms with Crippen LogP contribution in [0.4, 0.5) is 45.5 Å². The predicted octanol–water partition coefficient (Wildman–Crippen LogP) is 13.5. The Morgan fingerprint density at radius 3 is 0.981 bits per heavy atom. The number of hydrogen-bond acceptors (Lipinski definition) is 6. The predicted molar refractivity (Wildman–Crippen MR) is 217 cm³/mol. The summed E-state index contributed by atoms with van der Waals surface area (Å²) in [6.07, 6.45) is 0. The van der Waals surface area contributed by atoms with Crippen LogP contribution in [0.25, 0.3) is 0 Å². The fourth-order valence-electron chi connectivity index (χ4n) is 5.70. The van der Waals surface area contributed by atoms with Crippen molar-refractivity contribution in [3.05, 3.63) is 180 Å². The van der Waals surface area contributed by atoms with Crippen LogP contribution in [0.5, 0.6) is 23.0 Å². The van der Waals surface area contributed by atoms with Crippen LogP contribution in [-0.4, -0.2) is 0 Å². The van der Waals surface area contributed by atoms with Crippen molar-refractivity contribution in [2.45, 2.75) is 27.7 Å². The highest BCUT2D eigenvalue weighted by molar-refractivity contribution is 5.85. The highest BCUT2D eigenvalue weighted by Gasteiger charge is 2.15. The van der Waals surface area contributed by atoms with Gasteiger partial charge in [0.2, 0.25) is 0 Å². The molecule has 0 amide bonds. The van der Waals surface area contributed by atoms with E-state index >= 15 is 0 Å². The van der Waals surface area contributed by atoms with Crippen molar-refractivity contribution < 1.29 is 9.47 Å². The fourth-order valence-corrected chi connectivity index (χ4v) is 5.70. The normalized spacial score (nSPS) is 10.7. The van der Waals surface area contributed by atoms with Crippen LogP contribution >= 0.6 is 0 Å². The summed E-state index contributed by atoms with van der Waals surface area (Å²) in [6, 6.07) is 53.0. The van der Waals surface area contributed by atoms with E-state index < -0.39 is 0 Å². The smallest absolute Gasteiger partial charge is 0.153 e. The van der Waals surface area contributed by atoms with Gasteiger partial charge in [-0.05, 0) is 113 Å². The summed E-state index contributed by atoms with van der Waals surface area (Å²) in [7, 11) is 0. The molecule has 0 atom stereocenters. The highest BCUT2D eigenvalue weighted by atomic mass is 16.5. The first-order valence-electron chi connectivity index (χ1n) is 17.4. The monoisotopic (exact) mass is 682 g/mol. The standard InChI is InChI=1S/C46H42N4O2/c1-31-14-22-35(23-15-31)47-41-10-6-12-43(45(41)49-37-26-18-33(3)19-27-37)51-39-8-5-9-40(30-39)52-44-13-7-11-42(48-36-24-16-32(2)17-25-36)46(44)50-38-28-20-34(4)21-29-38/h5-30,47-50H,1-4H3. The number of nitrogens with one attached hydrogen (secondary N) is 4. The molecule has 258 valence electrons. The van der Waals surface area contributed by atoms with Crippen molar-refractivity contribution in [2.75, 3.05) is 21.3 Å². The molecule has 0 radical (unpaired) electrons. The molecule has 0 aliphatic carbocycles. The Morgan fingerprint density at radius 1 is 0.327 bits per heavy atom. The van der Waals surface area contributed by atoms with Crippen LogP contribution in [0.2, 0.25) is 0 Å². The number of hydrogen-bond donors (Lipinski definition) is 4. The maximum Gasteiger partial charge on any atom is 0.153 e. The molecule has 4 N–H and O–H groups in total. The lowest BCUT2D eigenvalue weighted by Crippen LogP contribution is -2.01. The lowest BCUT2D eigenvalue weighted by Gasteiger charge is -2.20. The minimum atomic E-state index is 0.638. The molecule has 0 bridgehead atoms. The summed E-state index contributed by atoms with van der Waals surface area (Å²) >= 11 is 0. The molecule has 52 heavy (non-hydrogen) atoms. The number of anilines is 8. The van der Waals surface area contributed by atoms with E-state index in [9.17, 15) is 0 Å². The SMILES string of the molecule is Cc1ccc(Nc2cccc(Oc3cccc(Oc4cccc(Nc5ccc(C)cc5)c4Nc4ccc(C)cc4)c3)c2Nc2ccc(C)cc2)cc1. The number of para-hydroxylation sites is 2. The number of aryl methyl sites for hydroxylation is 4. The Hall–Kier alpha value is -6.66. The van der Waals surface area contributed by atoms with Crippen molar-refractivity contribution in [1.82, 2.24) is 0 Å². The molecule has 6 heteroatoms. The molecule has 7 aromatic rings. The minimum absolute atomic E-state index is 0.638. The summed E-state index contributed by atoms with van der Waals surface area (Å²) < 4.78 is 13.2. The first kappa shape index (κ1) is 33.8. The van der Waals surface area contributed by atoms with Crippen molar-refractivity contribution >= 4 is 45.5 Å². The molecule has 0 unspecified atom stereocenters. The summed E-state index contributed by atoms with van der Waals surface area (Å²) in [5.41, 5.74) is 12.1. The van der Waals surface area contributed by atoms with Crippen LogP contribution < -0.4 is 30.7 Å². The molecule has 0 aliphatic heterocycles. The zero-order valence-electron chi connectivity index (χ0n) is 29.8. The Balaban J connectivity index is 1.19. The van der Waals surface area contributed by atoms with Crippen molar-refractivity contribution in [2.24, 2.45) is 0 Å². The lowest BCUT2D eigenvalue weighted by atomic mass is 10.1. The molecule has 0 spiro atoms. The van der Waals surface area contributed by atoms with E-state index in [1.54, 1.807) is 0 Å². The van der Waals surface area contributed by atoms with E-state index in [2.05, 4.69) is 146 Å². The molecule has 0 saturated carbocycles. The third-order valence-electron chi connectivity index (χ3n) is 8.62. The Kier molecular flexibility index (Phi) is 10.1. The van der Waals surface area contributed by atoms with Crippen LogP contribution in [0.15, 0.2) is 158 Å².